The highest BCUT2D eigenvalue weighted by molar-refractivity contribution is 7.93. The van der Waals surface area contributed by atoms with E-state index in [0.717, 1.165) is 22.2 Å². The summed E-state index contributed by atoms with van der Waals surface area (Å²) < 4.78 is 29.2. The van der Waals surface area contributed by atoms with E-state index in [1.54, 1.807) is 17.5 Å². The van der Waals surface area contributed by atoms with Crippen LogP contribution in [0.1, 0.15) is 11.3 Å². The number of fused-ring (bicyclic) bond motifs is 1. The summed E-state index contributed by atoms with van der Waals surface area (Å²) in [6.07, 6.45) is 1.53. The fraction of sp³-hybridized carbons (Fsp3) is 0.143. The smallest absolute Gasteiger partial charge is 0.263 e. The molecule has 7 nitrogen and oxygen atoms in total. The largest absolute Gasteiger partial charge is 0.335 e. The summed E-state index contributed by atoms with van der Waals surface area (Å²) >= 11 is 1.20. The lowest BCUT2D eigenvalue weighted by atomic mass is 10.2. The van der Waals surface area contributed by atoms with Crippen molar-refractivity contribution < 1.29 is 13.2 Å². The van der Waals surface area contributed by atoms with Gasteiger partial charge in [0.15, 0.2) is 5.13 Å². The van der Waals surface area contributed by atoms with Gasteiger partial charge in [-0.05, 0) is 49.7 Å². The number of nitrogens with one attached hydrogen (secondary N) is 2. The van der Waals surface area contributed by atoms with Gasteiger partial charge in [0.05, 0.1) is 4.90 Å². The van der Waals surface area contributed by atoms with Crippen molar-refractivity contribution in [1.82, 2.24) is 9.55 Å². The van der Waals surface area contributed by atoms with Gasteiger partial charge in [0, 0.05) is 33.9 Å². The number of sulfonamides is 1. The van der Waals surface area contributed by atoms with Crippen molar-refractivity contribution >= 4 is 49.0 Å². The number of benzene rings is 2. The Bertz CT molecular complexity index is 1310. The third-order valence-electron chi connectivity index (χ3n) is 4.95. The predicted molar refractivity (Wildman–Crippen MR) is 119 cm³/mol. The van der Waals surface area contributed by atoms with Gasteiger partial charge < -0.3 is 9.88 Å². The number of aryl methyl sites for hydroxylation is 1. The number of hydrogen-bond acceptors (Lipinski definition) is 5. The van der Waals surface area contributed by atoms with Crippen LogP contribution in [0.4, 0.5) is 10.8 Å². The molecular weight excluding hydrogens is 420 g/mol. The lowest BCUT2D eigenvalue weighted by Crippen LogP contribution is -2.19. The van der Waals surface area contributed by atoms with Crippen LogP contribution >= 0.6 is 11.3 Å². The third kappa shape index (κ3) is 3.94. The molecular formula is C21H20N4O3S2. The highest BCUT2D eigenvalue weighted by Crippen LogP contribution is 2.25. The Labute approximate surface area is 178 Å². The van der Waals surface area contributed by atoms with E-state index in [9.17, 15) is 13.2 Å². The molecule has 0 unspecified atom stereocenters. The molecule has 0 spiro atoms. The number of nitrogens with zero attached hydrogens (tertiary/aromatic N) is 2. The van der Waals surface area contributed by atoms with Crippen LogP contribution in [0.15, 0.2) is 65.0 Å². The van der Waals surface area contributed by atoms with E-state index >= 15 is 0 Å². The monoisotopic (exact) mass is 440 g/mol. The summed E-state index contributed by atoms with van der Waals surface area (Å²) in [4.78, 5) is 16.6. The summed E-state index contributed by atoms with van der Waals surface area (Å²) in [5.41, 5.74) is 3.73. The van der Waals surface area contributed by atoms with Gasteiger partial charge in [0.1, 0.15) is 6.54 Å². The summed E-state index contributed by atoms with van der Waals surface area (Å²) in [7, 11) is -3.72. The first-order valence-corrected chi connectivity index (χ1v) is 11.6. The summed E-state index contributed by atoms with van der Waals surface area (Å²) in [5, 5.41) is 5.95. The van der Waals surface area contributed by atoms with E-state index in [-0.39, 0.29) is 17.3 Å². The Morgan fingerprint density at radius 3 is 2.53 bits per heavy atom. The molecule has 2 aromatic heterocycles. The molecule has 4 aromatic rings. The number of para-hydroxylation sites is 1. The topological polar surface area (TPSA) is 93.1 Å². The number of amides is 1. The van der Waals surface area contributed by atoms with Crippen molar-refractivity contribution in [1.29, 1.82) is 0 Å². The number of anilines is 2. The van der Waals surface area contributed by atoms with Crippen LogP contribution in [-0.2, 0) is 21.4 Å². The number of hydrogen-bond donors (Lipinski definition) is 2. The van der Waals surface area contributed by atoms with Crippen LogP contribution in [-0.4, -0.2) is 23.9 Å². The molecule has 0 saturated carbocycles. The summed E-state index contributed by atoms with van der Waals surface area (Å²) in [5.74, 6) is -0.185. The number of carbonyl (C=O) groups is 1. The molecule has 0 atom stereocenters. The van der Waals surface area contributed by atoms with E-state index in [1.807, 2.05) is 42.7 Å². The first-order valence-electron chi connectivity index (χ1n) is 9.22. The quantitative estimate of drug-likeness (QED) is 0.471. The van der Waals surface area contributed by atoms with Gasteiger partial charge in [-0.15, -0.1) is 11.3 Å². The van der Waals surface area contributed by atoms with Gasteiger partial charge in [-0.3, -0.25) is 9.52 Å². The molecule has 0 radical (unpaired) electrons. The predicted octanol–water partition coefficient (Wildman–Crippen LogP) is 4.15. The van der Waals surface area contributed by atoms with Gasteiger partial charge in [-0.1, -0.05) is 18.2 Å². The lowest BCUT2D eigenvalue weighted by molar-refractivity contribution is -0.116. The van der Waals surface area contributed by atoms with Crippen LogP contribution in [0.2, 0.25) is 0 Å². The van der Waals surface area contributed by atoms with Gasteiger partial charge in [-0.25, -0.2) is 13.4 Å². The van der Waals surface area contributed by atoms with Crippen molar-refractivity contribution in [3.05, 3.63) is 71.4 Å². The molecule has 9 heteroatoms. The van der Waals surface area contributed by atoms with Crippen molar-refractivity contribution in [2.75, 3.05) is 10.0 Å². The van der Waals surface area contributed by atoms with Gasteiger partial charge in [0.2, 0.25) is 5.91 Å². The highest BCUT2D eigenvalue weighted by Gasteiger charge is 2.16. The van der Waals surface area contributed by atoms with E-state index in [2.05, 4.69) is 15.0 Å². The number of carbonyl (C=O) groups excluding carboxylic acids is 1. The lowest BCUT2D eigenvalue weighted by Gasteiger charge is -2.10. The second-order valence-electron chi connectivity index (χ2n) is 6.83. The minimum atomic E-state index is -3.72. The maximum absolute atomic E-state index is 12.6. The van der Waals surface area contributed by atoms with Crippen molar-refractivity contribution in [3.63, 3.8) is 0 Å². The molecule has 0 aliphatic heterocycles. The Balaban J connectivity index is 1.48. The molecule has 2 N–H and O–H groups in total. The van der Waals surface area contributed by atoms with Crippen LogP contribution in [0, 0.1) is 13.8 Å². The number of aromatic nitrogens is 2. The molecule has 2 heterocycles. The number of thiazole rings is 1. The third-order valence-corrected chi connectivity index (χ3v) is 7.12. The standard InChI is InChI=1S/C21H20N4O3S2/c1-14-15(2)25(19-6-4-3-5-18(14)19)13-20(26)23-16-7-9-17(10-8-16)30(27,28)24-21-22-11-12-29-21/h3-12H,13H2,1-2H3,(H,22,24)(H,23,26). The number of rotatable bonds is 6. The van der Waals surface area contributed by atoms with Crippen molar-refractivity contribution in [3.8, 4) is 0 Å². The van der Waals surface area contributed by atoms with Crippen LogP contribution in [0.25, 0.3) is 10.9 Å². The first kappa shape index (κ1) is 20.1. The Kier molecular flexibility index (Phi) is 5.31. The second kappa shape index (κ2) is 7.92. The Morgan fingerprint density at radius 1 is 1.10 bits per heavy atom. The first-order chi connectivity index (χ1) is 14.3. The maximum atomic E-state index is 12.6. The van der Waals surface area contributed by atoms with E-state index in [1.165, 1.54) is 29.7 Å². The van der Waals surface area contributed by atoms with E-state index in [4.69, 9.17) is 0 Å². The maximum Gasteiger partial charge on any atom is 0.263 e. The van der Waals surface area contributed by atoms with E-state index in [0.29, 0.717) is 10.8 Å². The second-order valence-corrected chi connectivity index (χ2v) is 9.41. The van der Waals surface area contributed by atoms with Crippen molar-refractivity contribution in [2.24, 2.45) is 0 Å². The van der Waals surface area contributed by atoms with E-state index < -0.39 is 10.0 Å². The molecule has 30 heavy (non-hydrogen) atoms. The van der Waals surface area contributed by atoms with Crippen LogP contribution < -0.4 is 10.0 Å². The van der Waals surface area contributed by atoms with Gasteiger partial charge in [0.25, 0.3) is 10.0 Å². The average molecular weight is 441 g/mol. The highest BCUT2D eigenvalue weighted by atomic mass is 32.2. The summed E-state index contributed by atoms with van der Waals surface area (Å²) in [6, 6.07) is 14.0. The van der Waals surface area contributed by atoms with Gasteiger partial charge in [-0.2, -0.15) is 0 Å². The molecule has 1 amide bonds. The minimum Gasteiger partial charge on any atom is -0.335 e. The van der Waals surface area contributed by atoms with Crippen molar-refractivity contribution in [2.45, 2.75) is 25.3 Å². The molecule has 2 aromatic carbocycles. The summed E-state index contributed by atoms with van der Waals surface area (Å²) in [6.45, 7) is 4.22. The Hall–Kier alpha value is -3.17. The minimum absolute atomic E-state index is 0.0959. The molecule has 0 bridgehead atoms. The zero-order valence-corrected chi connectivity index (χ0v) is 18.0. The molecule has 0 saturated heterocycles. The zero-order valence-electron chi connectivity index (χ0n) is 16.4. The molecule has 154 valence electrons. The molecule has 0 fully saturated rings. The fourth-order valence-electron chi connectivity index (χ4n) is 3.32. The van der Waals surface area contributed by atoms with Gasteiger partial charge >= 0.3 is 0 Å². The molecule has 0 aliphatic rings. The SMILES string of the molecule is Cc1c(C)n(CC(=O)Nc2ccc(S(=O)(=O)Nc3nccs3)cc2)c2ccccc12. The Morgan fingerprint density at radius 2 is 1.83 bits per heavy atom. The normalized spacial score (nSPS) is 11.5. The van der Waals surface area contributed by atoms with Crippen LogP contribution in [0.5, 0.6) is 0 Å². The fourth-order valence-corrected chi connectivity index (χ4v) is 5.11. The molecule has 4 rings (SSSR count). The zero-order chi connectivity index (χ0) is 21.3. The van der Waals surface area contributed by atoms with Crippen LogP contribution in [0.3, 0.4) is 0 Å². The molecule has 0 aliphatic carbocycles. The average Bonchev–Trinajstić information content (AvgIpc) is 3.31.